The van der Waals surface area contributed by atoms with Gasteiger partial charge in [-0.3, -0.25) is 14.5 Å². The Kier molecular flexibility index (Phi) is 4.60. The molecule has 4 rings (SSSR count). The summed E-state index contributed by atoms with van der Waals surface area (Å²) in [6, 6.07) is 11.7. The number of rotatable bonds is 5. The van der Waals surface area contributed by atoms with Gasteiger partial charge in [0.15, 0.2) is 11.5 Å². The highest BCUT2D eigenvalue weighted by Gasteiger charge is 2.29. The molecule has 0 radical (unpaired) electrons. The van der Waals surface area contributed by atoms with E-state index in [1.807, 2.05) is 25.1 Å². The first-order chi connectivity index (χ1) is 13.5. The van der Waals surface area contributed by atoms with Crippen LogP contribution < -0.4 is 20.1 Å². The molecular weight excluding hydrogens is 362 g/mol. The van der Waals surface area contributed by atoms with Crippen molar-refractivity contribution < 1.29 is 23.9 Å². The van der Waals surface area contributed by atoms with Gasteiger partial charge in [-0.15, -0.1) is 0 Å². The van der Waals surface area contributed by atoms with Crippen LogP contribution in [0, 0.1) is 0 Å². The Balaban J connectivity index is 1.50. The molecule has 2 aliphatic heterocycles. The number of benzene rings is 2. The molecule has 2 aromatic carbocycles. The maximum Gasteiger partial charge on any atom is 0.324 e. The van der Waals surface area contributed by atoms with Crippen molar-refractivity contribution in [2.75, 3.05) is 13.3 Å². The number of ether oxygens (including phenoxy) is 2. The van der Waals surface area contributed by atoms with E-state index in [2.05, 4.69) is 10.6 Å². The highest BCUT2D eigenvalue weighted by atomic mass is 16.7. The van der Waals surface area contributed by atoms with Crippen LogP contribution in [-0.4, -0.2) is 36.1 Å². The Morgan fingerprint density at radius 2 is 1.96 bits per heavy atom. The van der Waals surface area contributed by atoms with Crippen molar-refractivity contribution in [2.24, 2.45) is 0 Å². The third-order valence-electron chi connectivity index (χ3n) is 4.77. The zero-order chi connectivity index (χ0) is 19.7. The number of nitrogens with one attached hydrogen (secondary N) is 2. The fourth-order valence-electron chi connectivity index (χ4n) is 3.21. The molecule has 8 heteroatoms. The van der Waals surface area contributed by atoms with E-state index in [1.54, 1.807) is 24.3 Å². The zero-order valence-corrected chi connectivity index (χ0v) is 15.2. The number of amides is 4. The van der Waals surface area contributed by atoms with E-state index < -0.39 is 6.03 Å². The number of hydrogen-bond donors (Lipinski definition) is 2. The monoisotopic (exact) mass is 381 g/mol. The third kappa shape index (κ3) is 3.36. The molecule has 1 unspecified atom stereocenters. The number of urea groups is 1. The molecule has 2 N–H and O–H groups in total. The van der Waals surface area contributed by atoms with E-state index in [0.717, 1.165) is 10.5 Å². The lowest BCUT2D eigenvalue weighted by Crippen LogP contribution is -2.32. The van der Waals surface area contributed by atoms with Gasteiger partial charge in [0, 0.05) is 5.56 Å². The van der Waals surface area contributed by atoms with Crippen LogP contribution in [0.15, 0.2) is 42.5 Å². The molecule has 28 heavy (non-hydrogen) atoms. The van der Waals surface area contributed by atoms with Gasteiger partial charge in [0.25, 0.3) is 5.91 Å². The van der Waals surface area contributed by atoms with Crippen LogP contribution in [0.2, 0.25) is 0 Å². The van der Waals surface area contributed by atoms with Gasteiger partial charge in [0.05, 0.1) is 19.1 Å². The quantitative estimate of drug-likeness (QED) is 0.772. The summed E-state index contributed by atoms with van der Waals surface area (Å²) in [5.74, 6) is 0.737. The Morgan fingerprint density at radius 3 is 2.75 bits per heavy atom. The summed E-state index contributed by atoms with van der Waals surface area (Å²) in [5, 5.41) is 5.43. The van der Waals surface area contributed by atoms with Crippen molar-refractivity contribution in [3.05, 3.63) is 59.2 Å². The van der Waals surface area contributed by atoms with Gasteiger partial charge in [-0.05, 0) is 36.2 Å². The minimum atomic E-state index is -0.450. The summed E-state index contributed by atoms with van der Waals surface area (Å²) < 4.78 is 10.7. The van der Waals surface area contributed by atoms with E-state index >= 15 is 0 Å². The third-order valence-corrected chi connectivity index (χ3v) is 4.77. The first kappa shape index (κ1) is 17.8. The lowest BCUT2D eigenvalue weighted by atomic mass is 10.0. The second kappa shape index (κ2) is 7.22. The fraction of sp³-hybridized carbons (Fsp3) is 0.250. The minimum Gasteiger partial charge on any atom is -0.454 e. The molecule has 0 saturated carbocycles. The van der Waals surface area contributed by atoms with E-state index in [1.165, 1.54) is 0 Å². The molecule has 0 aromatic heterocycles. The van der Waals surface area contributed by atoms with Gasteiger partial charge in [-0.2, -0.15) is 0 Å². The van der Waals surface area contributed by atoms with Gasteiger partial charge < -0.3 is 20.1 Å². The predicted molar refractivity (Wildman–Crippen MR) is 98.8 cm³/mol. The van der Waals surface area contributed by atoms with Crippen molar-refractivity contribution in [3.63, 3.8) is 0 Å². The summed E-state index contributed by atoms with van der Waals surface area (Å²) in [6.45, 7) is 2.09. The highest BCUT2D eigenvalue weighted by molar-refractivity contribution is 6.02. The molecule has 1 atom stereocenters. The second-order valence-electron chi connectivity index (χ2n) is 6.60. The molecule has 0 aliphatic carbocycles. The molecule has 4 amide bonds. The topological polar surface area (TPSA) is 97.0 Å². The summed E-state index contributed by atoms with van der Waals surface area (Å²) in [4.78, 5) is 37.6. The number of carbonyl (C=O) groups is 3. The van der Waals surface area contributed by atoms with Crippen molar-refractivity contribution in [2.45, 2.75) is 19.5 Å². The fourth-order valence-corrected chi connectivity index (χ4v) is 3.21. The van der Waals surface area contributed by atoms with Gasteiger partial charge in [-0.1, -0.05) is 24.3 Å². The lowest BCUT2D eigenvalue weighted by molar-refractivity contribution is -0.125. The Bertz CT molecular complexity index is 943. The van der Waals surface area contributed by atoms with E-state index in [0.29, 0.717) is 22.6 Å². The molecule has 144 valence electrons. The number of nitrogens with zero attached hydrogens (tertiary/aromatic N) is 1. The van der Waals surface area contributed by atoms with Crippen molar-refractivity contribution in [1.82, 2.24) is 15.5 Å². The average molecular weight is 381 g/mol. The molecule has 1 fully saturated rings. The summed E-state index contributed by atoms with van der Waals surface area (Å²) in [6.07, 6.45) is 0. The predicted octanol–water partition coefficient (Wildman–Crippen LogP) is 1.96. The maximum atomic E-state index is 12.8. The SMILES string of the molecule is CC(NC(=O)c1ccccc1CN1C(=O)CNC1=O)c1ccc2c(c1)OCO2. The van der Waals surface area contributed by atoms with Crippen LogP contribution in [0.3, 0.4) is 0 Å². The molecule has 2 heterocycles. The second-order valence-corrected chi connectivity index (χ2v) is 6.60. The van der Waals surface area contributed by atoms with Crippen LogP contribution >= 0.6 is 0 Å². The van der Waals surface area contributed by atoms with Crippen molar-refractivity contribution in [3.8, 4) is 11.5 Å². The molecule has 2 aromatic rings. The van der Waals surface area contributed by atoms with Crippen molar-refractivity contribution in [1.29, 1.82) is 0 Å². The molecule has 8 nitrogen and oxygen atoms in total. The molecule has 0 spiro atoms. The Labute approximate surface area is 161 Å². The van der Waals surface area contributed by atoms with Crippen LogP contribution in [0.4, 0.5) is 4.79 Å². The molecular formula is C20H19N3O5. The normalized spacial score (nSPS) is 16.1. The zero-order valence-electron chi connectivity index (χ0n) is 15.2. The van der Waals surface area contributed by atoms with Crippen LogP contribution in [0.1, 0.15) is 34.5 Å². The molecule has 1 saturated heterocycles. The van der Waals surface area contributed by atoms with E-state index in [-0.39, 0.29) is 37.7 Å². The maximum absolute atomic E-state index is 12.8. The Morgan fingerprint density at radius 1 is 1.18 bits per heavy atom. The smallest absolute Gasteiger partial charge is 0.324 e. The summed E-state index contributed by atoms with van der Waals surface area (Å²) >= 11 is 0. The standard InChI is InChI=1S/C20H19N3O5/c1-12(13-6-7-16-17(8-13)28-11-27-16)22-19(25)15-5-3-2-4-14(15)10-23-18(24)9-21-20(23)26/h2-8,12H,9-11H2,1H3,(H,21,26)(H,22,25). The number of fused-ring (bicyclic) bond motifs is 1. The van der Waals surface area contributed by atoms with E-state index in [9.17, 15) is 14.4 Å². The minimum absolute atomic E-state index is 0.0195. The number of imide groups is 1. The number of hydrogen-bond acceptors (Lipinski definition) is 5. The van der Waals surface area contributed by atoms with Crippen molar-refractivity contribution >= 4 is 17.8 Å². The molecule has 0 bridgehead atoms. The van der Waals surface area contributed by atoms with Gasteiger partial charge >= 0.3 is 6.03 Å². The van der Waals surface area contributed by atoms with E-state index in [4.69, 9.17) is 9.47 Å². The van der Waals surface area contributed by atoms with Gasteiger partial charge in [0.1, 0.15) is 0 Å². The van der Waals surface area contributed by atoms with Crippen LogP contribution in [0.5, 0.6) is 11.5 Å². The Hall–Kier alpha value is -3.55. The highest BCUT2D eigenvalue weighted by Crippen LogP contribution is 2.34. The summed E-state index contributed by atoms with van der Waals surface area (Å²) in [7, 11) is 0. The van der Waals surface area contributed by atoms with Gasteiger partial charge in [-0.25, -0.2) is 4.79 Å². The number of carbonyl (C=O) groups excluding carboxylic acids is 3. The van der Waals surface area contributed by atoms with Crippen LogP contribution in [0.25, 0.3) is 0 Å². The van der Waals surface area contributed by atoms with Crippen LogP contribution in [-0.2, 0) is 11.3 Å². The van der Waals surface area contributed by atoms with Gasteiger partial charge in [0.2, 0.25) is 12.7 Å². The average Bonchev–Trinajstić information content (AvgIpc) is 3.29. The summed E-state index contributed by atoms with van der Waals surface area (Å²) in [5.41, 5.74) is 1.90. The first-order valence-corrected chi connectivity index (χ1v) is 8.89. The molecule has 2 aliphatic rings. The lowest BCUT2D eigenvalue weighted by Gasteiger charge is -2.18. The first-order valence-electron chi connectivity index (χ1n) is 8.89. The largest absolute Gasteiger partial charge is 0.454 e.